The molecule has 1 fully saturated rings. The summed E-state index contributed by atoms with van der Waals surface area (Å²) in [7, 11) is 2.74. The van der Waals surface area contributed by atoms with E-state index in [1.165, 1.54) is 50.6 Å². The van der Waals surface area contributed by atoms with Crippen molar-refractivity contribution in [3.8, 4) is 11.5 Å². The monoisotopic (exact) mass is 528 g/mol. The van der Waals surface area contributed by atoms with Crippen LogP contribution in [0.5, 0.6) is 11.5 Å². The summed E-state index contributed by atoms with van der Waals surface area (Å²) in [4.78, 5) is 37.7. The topological polar surface area (TPSA) is 119 Å². The van der Waals surface area contributed by atoms with E-state index in [0.29, 0.717) is 5.75 Å². The van der Waals surface area contributed by atoms with Gasteiger partial charge in [0.25, 0.3) is 17.4 Å². The van der Waals surface area contributed by atoms with Crippen molar-refractivity contribution in [3.05, 3.63) is 99.1 Å². The predicted octanol–water partition coefficient (Wildman–Crippen LogP) is 5.26. The molecule has 1 aliphatic heterocycles. The molecule has 196 valence electrons. The van der Waals surface area contributed by atoms with Crippen LogP contribution >= 0.6 is 0 Å². The maximum Gasteiger partial charge on any atom is 0.416 e. The number of nitro benzene ring substituents is 1. The van der Waals surface area contributed by atoms with Gasteiger partial charge < -0.3 is 14.6 Å². The molecule has 4 rings (SSSR count). The van der Waals surface area contributed by atoms with Gasteiger partial charge in [-0.2, -0.15) is 13.2 Å². The second kappa shape index (κ2) is 9.88. The first-order chi connectivity index (χ1) is 18.0. The number of carbonyl (C=O) groups is 2. The summed E-state index contributed by atoms with van der Waals surface area (Å²) in [6.07, 6.45) is -4.72. The predicted molar refractivity (Wildman–Crippen MR) is 129 cm³/mol. The zero-order chi connectivity index (χ0) is 27.8. The smallest absolute Gasteiger partial charge is 0.416 e. The van der Waals surface area contributed by atoms with Crippen molar-refractivity contribution in [2.45, 2.75) is 12.2 Å². The number of ketones is 1. The van der Waals surface area contributed by atoms with Gasteiger partial charge in [-0.25, -0.2) is 0 Å². The number of anilines is 1. The van der Waals surface area contributed by atoms with Crippen molar-refractivity contribution in [1.82, 2.24) is 0 Å². The molecule has 0 aromatic heterocycles. The van der Waals surface area contributed by atoms with E-state index in [4.69, 9.17) is 9.47 Å². The Bertz CT molecular complexity index is 1470. The van der Waals surface area contributed by atoms with Gasteiger partial charge >= 0.3 is 6.18 Å². The number of benzene rings is 3. The molecule has 3 aromatic rings. The average Bonchev–Trinajstić information content (AvgIpc) is 3.17. The Labute approximate surface area is 213 Å². The number of methoxy groups -OCH3 is 2. The fourth-order valence-electron chi connectivity index (χ4n) is 4.17. The second-order valence-electron chi connectivity index (χ2n) is 8.14. The van der Waals surface area contributed by atoms with Crippen LogP contribution in [0.25, 0.3) is 5.76 Å². The van der Waals surface area contributed by atoms with Crippen molar-refractivity contribution in [1.29, 1.82) is 0 Å². The van der Waals surface area contributed by atoms with Gasteiger partial charge in [0.15, 0.2) is 11.5 Å². The molecule has 1 amide bonds. The van der Waals surface area contributed by atoms with Crippen LogP contribution in [0.3, 0.4) is 0 Å². The highest BCUT2D eigenvalue weighted by Gasteiger charge is 2.47. The molecule has 38 heavy (non-hydrogen) atoms. The van der Waals surface area contributed by atoms with Crippen LogP contribution in [0.15, 0.2) is 72.3 Å². The number of non-ortho nitro benzene ring substituents is 1. The van der Waals surface area contributed by atoms with Crippen molar-refractivity contribution < 1.29 is 42.3 Å². The molecular formula is C26H19F3N2O7. The summed E-state index contributed by atoms with van der Waals surface area (Å²) >= 11 is 0. The van der Waals surface area contributed by atoms with Gasteiger partial charge in [-0.05, 0) is 48.0 Å². The van der Waals surface area contributed by atoms with Crippen LogP contribution in [0.2, 0.25) is 0 Å². The van der Waals surface area contributed by atoms with E-state index in [0.717, 1.165) is 35.2 Å². The molecule has 9 nitrogen and oxygen atoms in total. The molecule has 1 heterocycles. The first kappa shape index (κ1) is 26.2. The lowest BCUT2D eigenvalue weighted by Gasteiger charge is -2.26. The van der Waals surface area contributed by atoms with Gasteiger partial charge in [-0.3, -0.25) is 24.6 Å². The number of halogens is 3. The zero-order valence-electron chi connectivity index (χ0n) is 19.9. The van der Waals surface area contributed by atoms with Gasteiger partial charge in [0.1, 0.15) is 5.76 Å². The third-order valence-corrected chi connectivity index (χ3v) is 5.97. The number of rotatable bonds is 6. The molecule has 1 atom stereocenters. The van der Waals surface area contributed by atoms with E-state index in [1.54, 1.807) is 0 Å². The first-order valence-corrected chi connectivity index (χ1v) is 10.9. The number of hydrogen-bond donors (Lipinski definition) is 1. The number of Topliss-reactive ketones (excluding diaryl/α,β-unsaturated/α-hetero) is 1. The molecule has 0 unspecified atom stereocenters. The quantitative estimate of drug-likeness (QED) is 0.152. The van der Waals surface area contributed by atoms with Crippen LogP contribution in [0, 0.1) is 10.1 Å². The molecule has 0 spiro atoms. The number of aliphatic hydroxyl groups is 1. The Balaban J connectivity index is 1.96. The Morgan fingerprint density at radius 1 is 0.974 bits per heavy atom. The Kier molecular flexibility index (Phi) is 6.81. The van der Waals surface area contributed by atoms with Crippen LogP contribution in [0.4, 0.5) is 24.5 Å². The van der Waals surface area contributed by atoms with Crippen LogP contribution < -0.4 is 14.4 Å². The van der Waals surface area contributed by atoms with Crippen LogP contribution in [0.1, 0.15) is 22.7 Å². The Morgan fingerprint density at radius 3 is 2.21 bits per heavy atom. The lowest BCUT2D eigenvalue weighted by atomic mass is 9.94. The summed E-state index contributed by atoms with van der Waals surface area (Å²) < 4.78 is 50.9. The number of carbonyl (C=O) groups excluding carboxylic acids is 2. The van der Waals surface area contributed by atoms with E-state index >= 15 is 0 Å². The number of nitro groups is 1. The van der Waals surface area contributed by atoms with Crippen molar-refractivity contribution in [2.75, 3.05) is 19.1 Å². The maximum atomic E-state index is 13.4. The molecule has 0 bridgehead atoms. The summed E-state index contributed by atoms with van der Waals surface area (Å²) in [6, 6.07) is 11.5. The third-order valence-electron chi connectivity index (χ3n) is 5.97. The van der Waals surface area contributed by atoms with Crippen molar-refractivity contribution >= 4 is 28.8 Å². The second-order valence-corrected chi connectivity index (χ2v) is 8.14. The van der Waals surface area contributed by atoms with E-state index in [9.17, 15) is 38.0 Å². The van der Waals surface area contributed by atoms with Gasteiger partial charge in [0, 0.05) is 23.4 Å². The maximum absolute atomic E-state index is 13.4. The molecule has 0 aliphatic carbocycles. The summed E-state index contributed by atoms with van der Waals surface area (Å²) in [5.41, 5.74) is -1.76. The summed E-state index contributed by atoms with van der Waals surface area (Å²) in [5, 5.41) is 22.1. The molecule has 0 saturated carbocycles. The molecule has 1 N–H and O–H groups in total. The standard InChI is InChI=1S/C26H19F3N2O7/c1-37-19-11-8-15(12-20(19)38-2)22-21(23(32)14-6-9-17(10-7-14)31(35)36)24(33)25(34)30(22)18-5-3-4-16(13-18)26(27,28)29/h3-13,22,32H,1-2H3/b23-21+/t22-/m1/s1. The van der Waals surface area contributed by atoms with Crippen LogP contribution in [-0.4, -0.2) is 35.9 Å². The normalized spacial score (nSPS) is 17.0. The van der Waals surface area contributed by atoms with Gasteiger partial charge in [0.2, 0.25) is 0 Å². The molecule has 3 aromatic carbocycles. The van der Waals surface area contributed by atoms with E-state index in [2.05, 4.69) is 0 Å². The number of amides is 1. The van der Waals surface area contributed by atoms with E-state index < -0.39 is 45.7 Å². The molecular weight excluding hydrogens is 509 g/mol. The van der Waals surface area contributed by atoms with Crippen molar-refractivity contribution in [2.24, 2.45) is 0 Å². The molecule has 0 radical (unpaired) electrons. The highest BCUT2D eigenvalue weighted by molar-refractivity contribution is 6.51. The SMILES string of the molecule is COc1ccc([C@@H]2/C(=C(\O)c3ccc([N+](=O)[O-])cc3)C(=O)C(=O)N2c2cccc(C(F)(F)F)c2)cc1OC. The number of ether oxygens (including phenoxy) is 2. The van der Waals surface area contributed by atoms with Gasteiger partial charge in [-0.1, -0.05) is 12.1 Å². The largest absolute Gasteiger partial charge is 0.507 e. The number of nitrogens with zero attached hydrogens (tertiary/aromatic N) is 2. The van der Waals surface area contributed by atoms with Crippen LogP contribution in [-0.2, 0) is 15.8 Å². The molecule has 1 saturated heterocycles. The average molecular weight is 528 g/mol. The Hall–Kier alpha value is -4.87. The number of hydrogen-bond acceptors (Lipinski definition) is 7. The highest BCUT2D eigenvalue weighted by atomic mass is 19.4. The Morgan fingerprint density at radius 2 is 1.63 bits per heavy atom. The zero-order valence-corrected chi connectivity index (χ0v) is 19.9. The minimum atomic E-state index is -4.72. The highest BCUT2D eigenvalue weighted by Crippen LogP contribution is 2.45. The molecule has 1 aliphatic rings. The number of aliphatic hydroxyl groups excluding tert-OH is 1. The lowest BCUT2D eigenvalue weighted by Crippen LogP contribution is -2.29. The van der Waals surface area contributed by atoms with Gasteiger partial charge in [0.05, 0.1) is 36.3 Å². The lowest BCUT2D eigenvalue weighted by molar-refractivity contribution is -0.384. The van der Waals surface area contributed by atoms with Crippen molar-refractivity contribution in [3.63, 3.8) is 0 Å². The van der Waals surface area contributed by atoms with E-state index in [-0.39, 0.29) is 28.3 Å². The summed E-state index contributed by atoms with van der Waals surface area (Å²) in [6.45, 7) is 0. The minimum absolute atomic E-state index is 0.0110. The molecule has 12 heteroatoms. The fourth-order valence-corrected chi connectivity index (χ4v) is 4.17. The fraction of sp³-hybridized carbons (Fsp3) is 0.154. The minimum Gasteiger partial charge on any atom is -0.507 e. The third kappa shape index (κ3) is 4.63. The number of alkyl halides is 3. The summed E-state index contributed by atoms with van der Waals surface area (Å²) in [5.74, 6) is -2.48. The van der Waals surface area contributed by atoms with E-state index in [1.807, 2.05) is 0 Å². The first-order valence-electron chi connectivity index (χ1n) is 10.9. The van der Waals surface area contributed by atoms with Gasteiger partial charge in [-0.15, -0.1) is 0 Å².